The molecule has 0 saturated heterocycles. The molecule has 3 heteroatoms. The molecular weight excluding hydrogens is 240 g/mol. The van der Waals surface area contributed by atoms with E-state index in [0.717, 1.165) is 30.8 Å². The standard InChI is InChI=1S/C15H22N2S/c1-3-15(13-16,17-2)10-7-11-18-12-14-8-5-4-6-9-14/h4-6,8-9,17H,3,7,10-12H2,1-2H3. The lowest BCUT2D eigenvalue weighted by atomic mass is 9.93. The Morgan fingerprint density at radius 3 is 2.61 bits per heavy atom. The van der Waals surface area contributed by atoms with Crippen molar-refractivity contribution in [3.8, 4) is 6.07 Å². The highest BCUT2D eigenvalue weighted by atomic mass is 32.2. The molecule has 98 valence electrons. The maximum absolute atomic E-state index is 9.19. The molecule has 1 N–H and O–H groups in total. The fourth-order valence-electron chi connectivity index (χ4n) is 1.91. The van der Waals surface area contributed by atoms with E-state index in [2.05, 4.69) is 42.6 Å². The van der Waals surface area contributed by atoms with Crippen LogP contribution in [0.2, 0.25) is 0 Å². The molecule has 1 rings (SSSR count). The van der Waals surface area contributed by atoms with Crippen LogP contribution in [0.15, 0.2) is 30.3 Å². The van der Waals surface area contributed by atoms with Crippen molar-refractivity contribution in [2.45, 2.75) is 37.5 Å². The summed E-state index contributed by atoms with van der Waals surface area (Å²) < 4.78 is 0. The smallest absolute Gasteiger partial charge is 0.106 e. The summed E-state index contributed by atoms with van der Waals surface area (Å²) in [6.45, 7) is 2.07. The van der Waals surface area contributed by atoms with Gasteiger partial charge in [0.1, 0.15) is 5.54 Å². The lowest BCUT2D eigenvalue weighted by molar-refractivity contribution is 0.400. The highest BCUT2D eigenvalue weighted by molar-refractivity contribution is 7.98. The fraction of sp³-hybridized carbons (Fsp3) is 0.533. The predicted molar refractivity (Wildman–Crippen MR) is 79.5 cm³/mol. The Labute approximate surface area is 115 Å². The molecule has 0 bridgehead atoms. The molecule has 1 unspecified atom stereocenters. The van der Waals surface area contributed by atoms with Gasteiger partial charge in [0, 0.05) is 5.75 Å². The number of nitrogens with zero attached hydrogens (tertiary/aromatic N) is 1. The minimum atomic E-state index is -0.326. The van der Waals surface area contributed by atoms with Gasteiger partial charge in [-0.3, -0.25) is 0 Å². The largest absolute Gasteiger partial charge is 0.302 e. The van der Waals surface area contributed by atoms with E-state index < -0.39 is 0 Å². The summed E-state index contributed by atoms with van der Waals surface area (Å²) in [6, 6.07) is 12.9. The quantitative estimate of drug-likeness (QED) is 0.727. The third kappa shape index (κ3) is 4.72. The van der Waals surface area contributed by atoms with Crippen molar-refractivity contribution < 1.29 is 0 Å². The monoisotopic (exact) mass is 262 g/mol. The first kappa shape index (κ1) is 15.1. The molecule has 0 heterocycles. The van der Waals surface area contributed by atoms with Crippen molar-refractivity contribution in [3.05, 3.63) is 35.9 Å². The topological polar surface area (TPSA) is 35.8 Å². The Morgan fingerprint density at radius 2 is 2.06 bits per heavy atom. The predicted octanol–water partition coefficient (Wildman–Crippen LogP) is 3.59. The highest BCUT2D eigenvalue weighted by Gasteiger charge is 2.24. The third-order valence-electron chi connectivity index (χ3n) is 3.30. The lowest BCUT2D eigenvalue weighted by Crippen LogP contribution is -2.40. The maximum atomic E-state index is 9.19. The van der Waals surface area contributed by atoms with Crippen LogP contribution in [0.1, 0.15) is 31.7 Å². The summed E-state index contributed by atoms with van der Waals surface area (Å²) in [5, 5.41) is 12.3. The van der Waals surface area contributed by atoms with Crippen LogP contribution in [0, 0.1) is 11.3 Å². The Hall–Kier alpha value is -0.980. The molecule has 0 aliphatic heterocycles. The number of nitriles is 1. The van der Waals surface area contributed by atoms with Crippen molar-refractivity contribution in [3.63, 3.8) is 0 Å². The number of thioether (sulfide) groups is 1. The second kappa shape index (κ2) is 8.18. The fourth-order valence-corrected chi connectivity index (χ4v) is 2.83. The molecule has 0 saturated carbocycles. The molecule has 0 spiro atoms. The van der Waals surface area contributed by atoms with Crippen LogP contribution in [-0.4, -0.2) is 18.3 Å². The second-order valence-electron chi connectivity index (χ2n) is 4.44. The van der Waals surface area contributed by atoms with Crippen LogP contribution in [-0.2, 0) is 5.75 Å². The van der Waals surface area contributed by atoms with Crippen LogP contribution in [0.5, 0.6) is 0 Å². The van der Waals surface area contributed by atoms with E-state index in [1.54, 1.807) is 0 Å². The minimum Gasteiger partial charge on any atom is -0.302 e. The average molecular weight is 262 g/mol. The minimum absolute atomic E-state index is 0.326. The second-order valence-corrected chi connectivity index (χ2v) is 5.54. The third-order valence-corrected chi connectivity index (χ3v) is 4.41. The van der Waals surface area contributed by atoms with Gasteiger partial charge in [0.05, 0.1) is 6.07 Å². The van der Waals surface area contributed by atoms with E-state index in [-0.39, 0.29) is 5.54 Å². The summed E-state index contributed by atoms with van der Waals surface area (Å²) in [5.41, 5.74) is 1.05. The normalized spacial score (nSPS) is 13.8. The summed E-state index contributed by atoms with van der Waals surface area (Å²) in [6.07, 6.45) is 2.88. The average Bonchev–Trinajstić information content (AvgIpc) is 2.45. The van der Waals surface area contributed by atoms with E-state index >= 15 is 0 Å². The highest BCUT2D eigenvalue weighted by Crippen LogP contribution is 2.19. The van der Waals surface area contributed by atoms with E-state index in [9.17, 15) is 5.26 Å². The number of nitrogens with one attached hydrogen (secondary N) is 1. The van der Waals surface area contributed by atoms with Crippen LogP contribution in [0.25, 0.3) is 0 Å². The zero-order valence-corrected chi connectivity index (χ0v) is 12.1. The zero-order chi connectivity index (χ0) is 13.3. The first-order valence-electron chi connectivity index (χ1n) is 6.48. The van der Waals surface area contributed by atoms with E-state index in [1.165, 1.54) is 5.56 Å². The summed E-state index contributed by atoms with van der Waals surface area (Å²) in [4.78, 5) is 0. The SMILES string of the molecule is CCC(C#N)(CCCSCc1ccccc1)NC. The molecule has 1 aromatic carbocycles. The van der Waals surface area contributed by atoms with Gasteiger partial charge in [-0.15, -0.1) is 0 Å². The maximum Gasteiger partial charge on any atom is 0.106 e. The molecule has 18 heavy (non-hydrogen) atoms. The van der Waals surface area contributed by atoms with E-state index in [4.69, 9.17) is 0 Å². The summed E-state index contributed by atoms with van der Waals surface area (Å²) in [7, 11) is 1.88. The van der Waals surface area contributed by atoms with Crippen LogP contribution in [0.3, 0.4) is 0 Å². The lowest BCUT2D eigenvalue weighted by Gasteiger charge is -2.24. The van der Waals surface area contributed by atoms with Gasteiger partial charge in [-0.1, -0.05) is 37.3 Å². The first-order valence-corrected chi connectivity index (χ1v) is 7.63. The van der Waals surface area contributed by atoms with Crippen molar-refractivity contribution in [1.82, 2.24) is 5.32 Å². The van der Waals surface area contributed by atoms with Crippen LogP contribution in [0.4, 0.5) is 0 Å². The van der Waals surface area contributed by atoms with Crippen molar-refractivity contribution in [2.24, 2.45) is 0 Å². The summed E-state index contributed by atoms with van der Waals surface area (Å²) >= 11 is 1.94. The number of benzene rings is 1. The van der Waals surface area contributed by atoms with Gasteiger partial charge < -0.3 is 5.32 Å². The molecular formula is C15H22N2S. The molecule has 1 aromatic rings. The van der Waals surface area contributed by atoms with Crippen molar-refractivity contribution in [1.29, 1.82) is 5.26 Å². The van der Waals surface area contributed by atoms with E-state index in [1.807, 2.05) is 24.9 Å². The molecule has 0 amide bonds. The van der Waals surface area contributed by atoms with Crippen LogP contribution >= 0.6 is 11.8 Å². The van der Waals surface area contributed by atoms with Gasteiger partial charge in [-0.05, 0) is 37.6 Å². The molecule has 1 atom stereocenters. The van der Waals surface area contributed by atoms with Gasteiger partial charge in [0.15, 0.2) is 0 Å². The molecule has 0 radical (unpaired) electrons. The molecule has 0 aliphatic rings. The molecule has 0 aliphatic carbocycles. The van der Waals surface area contributed by atoms with E-state index in [0.29, 0.717) is 0 Å². The molecule has 0 fully saturated rings. The Morgan fingerprint density at radius 1 is 1.33 bits per heavy atom. The molecule has 0 aromatic heterocycles. The van der Waals surface area contributed by atoms with Crippen LogP contribution < -0.4 is 5.32 Å². The number of hydrogen-bond acceptors (Lipinski definition) is 3. The number of rotatable bonds is 8. The number of hydrogen-bond donors (Lipinski definition) is 1. The molecule has 2 nitrogen and oxygen atoms in total. The van der Waals surface area contributed by atoms with Gasteiger partial charge in [-0.2, -0.15) is 17.0 Å². The Bertz CT molecular complexity index is 366. The zero-order valence-electron chi connectivity index (χ0n) is 11.3. The van der Waals surface area contributed by atoms with Gasteiger partial charge in [0.25, 0.3) is 0 Å². The Kier molecular flexibility index (Phi) is 6.85. The van der Waals surface area contributed by atoms with Crippen molar-refractivity contribution >= 4 is 11.8 Å². The van der Waals surface area contributed by atoms with Gasteiger partial charge in [0.2, 0.25) is 0 Å². The first-order chi connectivity index (χ1) is 8.76. The van der Waals surface area contributed by atoms with Crippen molar-refractivity contribution in [2.75, 3.05) is 12.8 Å². The van der Waals surface area contributed by atoms with Gasteiger partial charge in [-0.25, -0.2) is 0 Å². The Balaban J connectivity index is 2.21. The van der Waals surface area contributed by atoms with Gasteiger partial charge >= 0.3 is 0 Å². The summed E-state index contributed by atoms with van der Waals surface area (Å²) in [5.74, 6) is 2.17.